The number of carbonyl (C=O) groups excluding carboxylic acids is 2. The molecular weight excluding hydrogens is 390 g/mol. The molecule has 1 N–H and O–H groups in total. The highest BCUT2D eigenvalue weighted by Crippen LogP contribution is 2.30. The second-order valence-corrected chi connectivity index (χ2v) is 6.68. The van der Waals surface area contributed by atoms with Crippen LogP contribution in [0.1, 0.15) is 18.1 Å². The van der Waals surface area contributed by atoms with Crippen LogP contribution < -0.4 is 14.8 Å². The molecule has 2 rings (SSSR count). The number of aryl methyl sites for hydroxylation is 1. The third-order valence-corrected chi connectivity index (χ3v) is 4.60. The molecule has 2 aromatic rings. The van der Waals surface area contributed by atoms with Gasteiger partial charge in [0, 0.05) is 25.7 Å². The van der Waals surface area contributed by atoms with E-state index in [0.717, 1.165) is 11.1 Å². The van der Waals surface area contributed by atoms with E-state index in [1.807, 2.05) is 31.2 Å². The smallest absolute Gasteiger partial charge is 0.311 e. The summed E-state index contributed by atoms with van der Waals surface area (Å²) >= 11 is 0. The molecule has 9 nitrogen and oxygen atoms in total. The van der Waals surface area contributed by atoms with Gasteiger partial charge in [0.2, 0.25) is 11.7 Å². The van der Waals surface area contributed by atoms with Crippen molar-refractivity contribution in [2.24, 2.45) is 0 Å². The normalized spacial score (nSPS) is 11.3. The molecule has 0 bridgehead atoms. The predicted molar refractivity (Wildman–Crippen MR) is 110 cm³/mol. The molecule has 0 fully saturated rings. The van der Waals surface area contributed by atoms with Crippen molar-refractivity contribution in [2.75, 3.05) is 20.8 Å². The first-order chi connectivity index (χ1) is 14.3. The van der Waals surface area contributed by atoms with Gasteiger partial charge in [0.1, 0.15) is 11.8 Å². The van der Waals surface area contributed by atoms with Crippen LogP contribution in [0.2, 0.25) is 0 Å². The minimum atomic E-state index is -0.709. The molecule has 2 amide bonds. The largest absolute Gasteiger partial charge is 0.490 e. The van der Waals surface area contributed by atoms with E-state index in [9.17, 15) is 19.7 Å². The van der Waals surface area contributed by atoms with Crippen molar-refractivity contribution in [3.63, 3.8) is 0 Å². The van der Waals surface area contributed by atoms with Crippen LogP contribution in [0.5, 0.6) is 11.5 Å². The van der Waals surface area contributed by atoms with Gasteiger partial charge in [0.25, 0.3) is 5.91 Å². The Kier molecular flexibility index (Phi) is 7.74. The Bertz CT molecular complexity index is 913. The van der Waals surface area contributed by atoms with Crippen LogP contribution >= 0.6 is 0 Å². The minimum Gasteiger partial charge on any atom is -0.490 e. The van der Waals surface area contributed by atoms with Crippen LogP contribution in [0.4, 0.5) is 5.69 Å². The Labute approximate surface area is 174 Å². The van der Waals surface area contributed by atoms with Gasteiger partial charge in [0.15, 0.2) is 6.61 Å². The molecule has 0 aliphatic carbocycles. The number of nitrogens with one attached hydrogen (secondary N) is 1. The summed E-state index contributed by atoms with van der Waals surface area (Å²) in [6.07, 6.45) is 0. The number of benzene rings is 2. The summed E-state index contributed by atoms with van der Waals surface area (Å²) in [5.74, 6) is -0.426. The van der Waals surface area contributed by atoms with Gasteiger partial charge in [-0.05, 0) is 25.5 Å². The Balaban J connectivity index is 2.16. The zero-order valence-electron chi connectivity index (χ0n) is 17.4. The SMILES string of the molecule is CNC(=O)C(C)N(Cc1ccc(C)cc1)C(=O)COc1ccc([N+](=O)[O-])c(OC)c1. The summed E-state index contributed by atoms with van der Waals surface area (Å²) in [6, 6.07) is 10.9. The minimum absolute atomic E-state index is 0.0280. The molecule has 0 aliphatic rings. The molecule has 0 spiro atoms. The molecule has 0 aromatic heterocycles. The van der Waals surface area contributed by atoms with Crippen molar-refractivity contribution in [1.82, 2.24) is 10.2 Å². The standard InChI is InChI=1S/C21H25N3O6/c1-14-5-7-16(8-6-14)12-23(15(2)21(26)22-3)20(25)13-30-17-9-10-18(24(27)28)19(11-17)29-4/h5-11,15H,12-13H2,1-4H3,(H,22,26). The van der Waals surface area contributed by atoms with Gasteiger partial charge in [-0.3, -0.25) is 19.7 Å². The summed E-state index contributed by atoms with van der Waals surface area (Å²) in [5, 5.41) is 13.5. The summed E-state index contributed by atoms with van der Waals surface area (Å²) in [5.41, 5.74) is 1.76. The van der Waals surface area contributed by atoms with E-state index in [1.165, 1.54) is 37.3 Å². The van der Waals surface area contributed by atoms with Gasteiger partial charge in [0.05, 0.1) is 12.0 Å². The highest BCUT2D eigenvalue weighted by molar-refractivity contribution is 5.87. The maximum Gasteiger partial charge on any atom is 0.311 e. The maximum absolute atomic E-state index is 12.9. The Morgan fingerprint density at radius 1 is 1.20 bits per heavy atom. The van der Waals surface area contributed by atoms with Crippen LogP contribution in [-0.4, -0.2) is 48.4 Å². The van der Waals surface area contributed by atoms with Gasteiger partial charge < -0.3 is 19.7 Å². The summed E-state index contributed by atoms with van der Waals surface area (Å²) in [7, 11) is 2.82. The fourth-order valence-corrected chi connectivity index (χ4v) is 2.81. The number of methoxy groups -OCH3 is 1. The lowest BCUT2D eigenvalue weighted by atomic mass is 10.1. The number of nitro benzene ring substituents is 1. The third kappa shape index (κ3) is 5.69. The molecule has 9 heteroatoms. The number of hydrogen-bond acceptors (Lipinski definition) is 6. The fourth-order valence-electron chi connectivity index (χ4n) is 2.81. The first kappa shape index (κ1) is 22.7. The molecule has 0 saturated carbocycles. The van der Waals surface area contributed by atoms with Crippen molar-refractivity contribution in [1.29, 1.82) is 0 Å². The van der Waals surface area contributed by atoms with Gasteiger partial charge in [-0.15, -0.1) is 0 Å². The number of carbonyl (C=O) groups is 2. The molecule has 2 aromatic carbocycles. The van der Waals surface area contributed by atoms with Crippen LogP contribution in [0, 0.1) is 17.0 Å². The lowest BCUT2D eigenvalue weighted by Crippen LogP contribution is -2.48. The number of rotatable bonds is 9. The molecule has 160 valence electrons. The number of likely N-dealkylation sites (N-methyl/N-ethyl adjacent to an activating group) is 1. The molecule has 0 saturated heterocycles. The van der Waals surface area contributed by atoms with Gasteiger partial charge in [-0.2, -0.15) is 0 Å². The van der Waals surface area contributed by atoms with Crippen LogP contribution in [0.25, 0.3) is 0 Å². The van der Waals surface area contributed by atoms with Crippen molar-refractivity contribution in [2.45, 2.75) is 26.4 Å². The van der Waals surface area contributed by atoms with E-state index in [2.05, 4.69) is 5.32 Å². The number of nitro groups is 1. The van der Waals surface area contributed by atoms with Crippen molar-refractivity contribution >= 4 is 17.5 Å². The molecule has 0 heterocycles. The summed E-state index contributed by atoms with van der Waals surface area (Å²) < 4.78 is 10.5. The number of hydrogen-bond donors (Lipinski definition) is 1. The van der Waals surface area contributed by atoms with Gasteiger partial charge >= 0.3 is 5.69 Å². The van der Waals surface area contributed by atoms with E-state index in [-0.39, 0.29) is 36.2 Å². The number of ether oxygens (including phenoxy) is 2. The molecule has 0 aliphatic heterocycles. The lowest BCUT2D eigenvalue weighted by molar-refractivity contribution is -0.385. The number of nitrogens with zero attached hydrogens (tertiary/aromatic N) is 2. The van der Waals surface area contributed by atoms with E-state index in [0.29, 0.717) is 0 Å². The monoisotopic (exact) mass is 415 g/mol. The van der Waals surface area contributed by atoms with Crippen molar-refractivity contribution < 1.29 is 24.0 Å². The van der Waals surface area contributed by atoms with E-state index < -0.39 is 16.9 Å². The van der Waals surface area contributed by atoms with Crippen molar-refractivity contribution in [3.05, 3.63) is 63.7 Å². The van der Waals surface area contributed by atoms with Crippen LogP contribution in [0.15, 0.2) is 42.5 Å². The number of amides is 2. The zero-order chi connectivity index (χ0) is 22.3. The van der Waals surface area contributed by atoms with Gasteiger partial charge in [-0.25, -0.2) is 0 Å². The van der Waals surface area contributed by atoms with Gasteiger partial charge in [-0.1, -0.05) is 29.8 Å². The van der Waals surface area contributed by atoms with E-state index in [1.54, 1.807) is 6.92 Å². The quantitative estimate of drug-likeness (QED) is 0.497. The second-order valence-electron chi connectivity index (χ2n) is 6.68. The summed E-state index contributed by atoms with van der Waals surface area (Å²) in [4.78, 5) is 36.8. The van der Waals surface area contributed by atoms with Crippen LogP contribution in [-0.2, 0) is 16.1 Å². The summed E-state index contributed by atoms with van der Waals surface area (Å²) in [6.45, 7) is 3.50. The zero-order valence-corrected chi connectivity index (χ0v) is 17.4. The Morgan fingerprint density at radius 3 is 2.43 bits per heavy atom. The molecule has 1 unspecified atom stereocenters. The Hall–Kier alpha value is -3.62. The predicted octanol–water partition coefficient (Wildman–Crippen LogP) is 2.45. The Morgan fingerprint density at radius 2 is 1.87 bits per heavy atom. The molecule has 30 heavy (non-hydrogen) atoms. The highest BCUT2D eigenvalue weighted by atomic mass is 16.6. The fraction of sp³-hybridized carbons (Fsp3) is 0.333. The van der Waals surface area contributed by atoms with E-state index >= 15 is 0 Å². The lowest BCUT2D eigenvalue weighted by Gasteiger charge is -2.28. The average molecular weight is 415 g/mol. The topological polar surface area (TPSA) is 111 Å². The first-order valence-corrected chi connectivity index (χ1v) is 9.28. The second kappa shape index (κ2) is 10.2. The van der Waals surface area contributed by atoms with E-state index in [4.69, 9.17) is 9.47 Å². The highest BCUT2D eigenvalue weighted by Gasteiger charge is 2.26. The average Bonchev–Trinajstić information content (AvgIpc) is 2.75. The first-order valence-electron chi connectivity index (χ1n) is 9.28. The molecule has 1 atom stereocenters. The van der Waals surface area contributed by atoms with Crippen molar-refractivity contribution in [3.8, 4) is 11.5 Å². The third-order valence-electron chi connectivity index (χ3n) is 4.60. The maximum atomic E-state index is 12.9. The van der Waals surface area contributed by atoms with Crippen LogP contribution in [0.3, 0.4) is 0 Å². The molecular formula is C21H25N3O6. The molecule has 0 radical (unpaired) electrons.